The molecule has 1 aromatic rings. The second-order valence-electron chi connectivity index (χ2n) is 5.82. The van der Waals surface area contributed by atoms with Gasteiger partial charge in [-0.3, -0.25) is 4.79 Å². The number of hydrogen-bond acceptors (Lipinski definition) is 2. The van der Waals surface area contributed by atoms with E-state index in [0.29, 0.717) is 11.9 Å². The summed E-state index contributed by atoms with van der Waals surface area (Å²) in [4.78, 5) is 14.6. The standard InChI is InChI=1S/C17H24ClNO2/c1-13(2)21-16-9-7-14(8-10-16)17(20)19-12-4-6-15(19)5-3-11-18/h7-10,13,15H,3-6,11-12H2,1-2H3. The molecule has 1 saturated heterocycles. The minimum atomic E-state index is 0.128. The van der Waals surface area contributed by atoms with Crippen LogP contribution in [0, 0.1) is 0 Å². The third-order valence-corrected chi connectivity index (χ3v) is 4.05. The van der Waals surface area contributed by atoms with E-state index < -0.39 is 0 Å². The van der Waals surface area contributed by atoms with E-state index in [9.17, 15) is 4.79 Å². The van der Waals surface area contributed by atoms with E-state index in [1.165, 1.54) is 0 Å². The SMILES string of the molecule is CC(C)Oc1ccc(C(=O)N2CCCC2CCCCl)cc1. The van der Waals surface area contributed by atoms with Gasteiger partial charge < -0.3 is 9.64 Å². The van der Waals surface area contributed by atoms with Crippen LogP contribution in [-0.4, -0.2) is 35.4 Å². The Morgan fingerprint density at radius 2 is 2.10 bits per heavy atom. The molecule has 1 aromatic carbocycles. The fourth-order valence-electron chi connectivity index (χ4n) is 2.83. The molecule has 21 heavy (non-hydrogen) atoms. The van der Waals surface area contributed by atoms with Gasteiger partial charge in [-0.25, -0.2) is 0 Å². The van der Waals surface area contributed by atoms with Gasteiger partial charge in [-0.15, -0.1) is 11.6 Å². The minimum absolute atomic E-state index is 0.128. The Bertz CT molecular complexity index is 458. The van der Waals surface area contributed by atoms with Crippen LogP contribution < -0.4 is 4.74 Å². The van der Waals surface area contributed by atoms with Crippen LogP contribution >= 0.6 is 11.6 Å². The lowest BCUT2D eigenvalue weighted by Crippen LogP contribution is -2.35. The predicted octanol–water partition coefficient (Wildman–Crippen LogP) is 4.10. The topological polar surface area (TPSA) is 29.5 Å². The first-order valence-electron chi connectivity index (χ1n) is 7.75. The van der Waals surface area contributed by atoms with Gasteiger partial charge in [-0.2, -0.15) is 0 Å². The summed E-state index contributed by atoms with van der Waals surface area (Å²) in [5.74, 6) is 1.60. The van der Waals surface area contributed by atoms with Crippen LogP contribution in [0.2, 0.25) is 0 Å². The van der Waals surface area contributed by atoms with Crippen LogP contribution in [0.25, 0.3) is 0 Å². The quantitative estimate of drug-likeness (QED) is 0.740. The molecule has 0 spiro atoms. The number of rotatable bonds is 6. The first-order chi connectivity index (χ1) is 10.1. The van der Waals surface area contributed by atoms with Crippen LogP contribution in [0.4, 0.5) is 0 Å². The van der Waals surface area contributed by atoms with Crippen molar-refractivity contribution in [2.75, 3.05) is 12.4 Å². The normalized spacial score (nSPS) is 18.3. The molecule has 0 bridgehead atoms. The molecule has 0 aliphatic carbocycles. The van der Waals surface area contributed by atoms with Crippen LogP contribution in [0.1, 0.15) is 49.9 Å². The number of halogens is 1. The maximum absolute atomic E-state index is 12.6. The van der Waals surface area contributed by atoms with Gasteiger partial charge in [-0.05, 0) is 63.8 Å². The Kier molecular flexibility index (Phi) is 5.92. The molecule has 1 fully saturated rings. The van der Waals surface area contributed by atoms with Crippen LogP contribution in [-0.2, 0) is 0 Å². The number of likely N-dealkylation sites (tertiary alicyclic amines) is 1. The van der Waals surface area contributed by atoms with Crippen molar-refractivity contribution in [3.8, 4) is 5.75 Å². The van der Waals surface area contributed by atoms with Gasteiger partial charge in [0, 0.05) is 24.0 Å². The summed E-state index contributed by atoms with van der Waals surface area (Å²) in [7, 11) is 0. The van der Waals surface area contributed by atoms with Crippen LogP contribution in [0.5, 0.6) is 5.75 Å². The monoisotopic (exact) mass is 309 g/mol. The molecule has 1 aliphatic heterocycles. The van der Waals surface area contributed by atoms with E-state index in [2.05, 4.69) is 0 Å². The summed E-state index contributed by atoms with van der Waals surface area (Å²) < 4.78 is 5.61. The molecule has 1 aliphatic rings. The molecule has 116 valence electrons. The lowest BCUT2D eigenvalue weighted by Gasteiger charge is -2.24. The third kappa shape index (κ3) is 4.37. The fraction of sp³-hybridized carbons (Fsp3) is 0.588. The molecule has 1 unspecified atom stereocenters. The second kappa shape index (κ2) is 7.69. The number of amides is 1. The number of alkyl halides is 1. The van der Waals surface area contributed by atoms with Crippen LogP contribution in [0.15, 0.2) is 24.3 Å². The van der Waals surface area contributed by atoms with Crippen molar-refractivity contribution in [3.05, 3.63) is 29.8 Å². The van der Waals surface area contributed by atoms with Gasteiger partial charge in [0.2, 0.25) is 0 Å². The highest BCUT2D eigenvalue weighted by molar-refractivity contribution is 6.17. The number of carbonyl (C=O) groups is 1. The van der Waals surface area contributed by atoms with E-state index in [0.717, 1.165) is 43.5 Å². The predicted molar refractivity (Wildman–Crippen MR) is 86.2 cm³/mol. The largest absolute Gasteiger partial charge is 0.491 e. The molecule has 0 N–H and O–H groups in total. The first kappa shape index (κ1) is 16.2. The van der Waals surface area contributed by atoms with Crippen molar-refractivity contribution < 1.29 is 9.53 Å². The Labute approximate surface area is 132 Å². The van der Waals surface area contributed by atoms with Gasteiger partial charge in [0.15, 0.2) is 0 Å². The van der Waals surface area contributed by atoms with Gasteiger partial charge in [0.25, 0.3) is 5.91 Å². The number of nitrogens with zero attached hydrogens (tertiary/aromatic N) is 1. The average molecular weight is 310 g/mol. The zero-order valence-electron chi connectivity index (χ0n) is 12.8. The highest BCUT2D eigenvalue weighted by Crippen LogP contribution is 2.24. The van der Waals surface area contributed by atoms with E-state index in [1.54, 1.807) is 0 Å². The van der Waals surface area contributed by atoms with Crippen molar-refractivity contribution in [1.82, 2.24) is 4.90 Å². The molecule has 1 heterocycles. The summed E-state index contributed by atoms with van der Waals surface area (Å²) in [5, 5.41) is 0. The number of carbonyl (C=O) groups excluding carboxylic acids is 1. The van der Waals surface area contributed by atoms with Gasteiger partial charge >= 0.3 is 0 Å². The number of hydrogen-bond donors (Lipinski definition) is 0. The van der Waals surface area contributed by atoms with E-state index in [-0.39, 0.29) is 12.0 Å². The highest BCUT2D eigenvalue weighted by atomic mass is 35.5. The molecule has 4 heteroatoms. The smallest absolute Gasteiger partial charge is 0.254 e. The molecule has 0 saturated carbocycles. The summed E-state index contributed by atoms with van der Waals surface area (Å²) in [5.41, 5.74) is 0.740. The minimum Gasteiger partial charge on any atom is -0.491 e. The van der Waals surface area contributed by atoms with Crippen molar-refractivity contribution in [2.45, 2.75) is 51.7 Å². The maximum Gasteiger partial charge on any atom is 0.254 e. The third-order valence-electron chi connectivity index (χ3n) is 3.78. The molecular formula is C17H24ClNO2. The van der Waals surface area contributed by atoms with Crippen molar-refractivity contribution in [1.29, 1.82) is 0 Å². The van der Waals surface area contributed by atoms with Crippen LogP contribution in [0.3, 0.4) is 0 Å². The highest BCUT2D eigenvalue weighted by Gasteiger charge is 2.28. The Balaban J connectivity index is 2.01. The summed E-state index contributed by atoms with van der Waals surface area (Å²) >= 11 is 5.77. The van der Waals surface area contributed by atoms with Gasteiger partial charge in [0.1, 0.15) is 5.75 Å². The Hall–Kier alpha value is -1.22. The Morgan fingerprint density at radius 1 is 1.38 bits per heavy atom. The first-order valence-corrected chi connectivity index (χ1v) is 8.29. The van der Waals surface area contributed by atoms with Gasteiger partial charge in [-0.1, -0.05) is 0 Å². The molecular weight excluding hydrogens is 286 g/mol. The molecule has 0 radical (unpaired) electrons. The number of benzene rings is 1. The molecule has 0 aromatic heterocycles. The Morgan fingerprint density at radius 3 is 2.71 bits per heavy atom. The fourth-order valence-corrected chi connectivity index (χ4v) is 2.98. The zero-order chi connectivity index (χ0) is 15.2. The zero-order valence-corrected chi connectivity index (χ0v) is 13.6. The lowest BCUT2D eigenvalue weighted by atomic mass is 10.1. The van der Waals surface area contributed by atoms with Crippen molar-refractivity contribution >= 4 is 17.5 Å². The second-order valence-corrected chi connectivity index (χ2v) is 6.19. The van der Waals surface area contributed by atoms with Crippen molar-refractivity contribution in [3.63, 3.8) is 0 Å². The average Bonchev–Trinajstić information content (AvgIpc) is 2.93. The maximum atomic E-state index is 12.6. The molecule has 2 rings (SSSR count). The lowest BCUT2D eigenvalue weighted by molar-refractivity contribution is 0.0730. The summed E-state index contributed by atoms with van der Waals surface area (Å²) in [6.07, 6.45) is 4.30. The van der Waals surface area contributed by atoms with E-state index in [1.807, 2.05) is 43.0 Å². The molecule has 3 nitrogen and oxygen atoms in total. The van der Waals surface area contributed by atoms with E-state index in [4.69, 9.17) is 16.3 Å². The summed E-state index contributed by atoms with van der Waals surface area (Å²) in [6.45, 7) is 4.84. The number of ether oxygens (including phenoxy) is 1. The molecule has 1 atom stereocenters. The summed E-state index contributed by atoms with van der Waals surface area (Å²) in [6, 6.07) is 7.81. The van der Waals surface area contributed by atoms with E-state index >= 15 is 0 Å². The van der Waals surface area contributed by atoms with Crippen molar-refractivity contribution in [2.24, 2.45) is 0 Å². The van der Waals surface area contributed by atoms with Gasteiger partial charge in [0.05, 0.1) is 6.10 Å². The molecule has 1 amide bonds.